The molecule has 2 heteroatoms. The Labute approximate surface area is 96.4 Å². The van der Waals surface area contributed by atoms with Gasteiger partial charge in [-0.05, 0) is 18.6 Å². The molecule has 0 fully saturated rings. The predicted octanol–water partition coefficient (Wildman–Crippen LogP) is 1.65. The largest absolute Gasteiger partial charge is 0.337 e. The lowest BCUT2D eigenvalue weighted by Gasteiger charge is -2.03. The van der Waals surface area contributed by atoms with Crippen molar-refractivity contribution in [2.75, 3.05) is 0 Å². The van der Waals surface area contributed by atoms with E-state index in [2.05, 4.69) is 47.6 Å². The Kier molecular flexibility index (Phi) is 3.67. The minimum atomic E-state index is 0.946. The van der Waals surface area contributed by atoms with E-state index in [4.69, 9.17) is 0 Å². The molecule has 0 aliphatic rings. The maximum absolute atomic E-state index is 4.38. The molecule has 0 amide bonds. The summed E-state index contributed by atoms with van der Waals surface area (Å²) in [7, 11) is 0. The molecule has 0 aliphatic carbocycles. The second-order valence-electron chi connectivity index (χ2n) is 3.95. The Hall–Kier alpha value is -1.67. The second-order valence-corrected chi connectivity index (χ2v) is 3.95. The van der Waals surface area contributed by atoms with Gasteiger partial charge in [-0.2, -0.15) is 0 Å². The van der Waals surface area contributed by atoms with Gasteiger partial charge in [-0.15, -0.1) is 0 Å². The highest BCUT2D eigenvalue weighted by atomic mass is 14.9. The van der Waals surface area contributed by atoms with E-state index in [-0.39, 0.29) is 0 Å². The summed E-state index contributed by atoms with van der Waals surface area (Å²) in [6.45, 7) is 4.07. The molecule has 16 heavy (non-hydrogen) atoms. The Morgan fingerprint density at radius 3 is 2.56 bits per heavy atom. The summed E-state index contributed by atoms with van der Waals surface area (Å²) in [4.78, 5) is 4.38. The number of rotatable bonds is 4. The fourth-order valence-electron chi connectivity index (χ4n) is 1.72. The van der Waals surface area contributed by atoms with E-state index >= 15 is 0 Å². The van der Waals surface area contributed by atoms with Crippen molar-refractivity contribution in [3.8, 4) is 0 Å². The van der Waals surface area contributed by atoms with Crippen LogP contribution in [0.5, 0.6) is 0 Å². The predicted molar refractivity (Wildman–Crippen MR) is 64.7 cm³/mol. The van der Waals surface area contributed by atoms with E-state index < -0.39 is 0 Å². The van der Waals surface area contributed by atoms with E-state index in [1.165, 1.54) is 16.8 Å². The molecule has 82 valence electrons. The van der Waals surface area contributed by atoms with Crippen LogP contribution < -0.4 is 5.32 Å². The van der Waals surface area contributed by atoms with Crippen molar-refractivity contribution in [3.63, 3.8) is 0 Å². The van der Waals surface area contributed by atoms with Gasteiger partial charge in [0, 0.05) is 11.8 Å². The van der Waals surface area contributed by atoms with Crippen LogP contribution in [0.15, 0.2) is 48.7 Å². The van der Waals surface area contributed by atoms with Crippen molar-refractivity contribution < 1.29 is 5.32 Å². The van der Waals surface area contributed by atoms with Crippen LogP contribution in [0.1, 0.15) is 16.8 Å². The Morgan fingerprint density at radius 2 is 1.81 bits per heavy atom. The van der Waals surface area contributed by atoms with Crippen molar-refractivity contribution in [2.24, 2.45) is 0 Å². The van der Waals surface area contributed by atoms with Gasteiger partial charge >= 0.3 is 0 Å². The van der Waals surface area contributed by atoms with Gasteiger partial charge in [0.05, 0.1) is 5.69 Å². The quantitative estimate of drug-likeness (QED) is 0.822. The molecule has 0 aliphatic heterocycles. The van der Waals surface area contributed by atoms with Crippen LogP contribution in [0, 0.1) is 6.92 Å². The average Bonchev–Trinajstić information content (AvgIpc) is 2.33. The zero-order chi connectivity index (χ0) is 11.2. The summed E-state index contributed by atoms with van der Waals surface area (Å²) in [6, 6.07) is 14.6. The lowest BCUT2D eigenvalue weighted by molar-refractivity contribution is -0.686. The van der Waals surface area contributed by atoms with Crippen LogP contribution in [0.25, 0.3) is 0 Å². The number of hydrogen-bond acceptors (Lipinski definition) is 1. The SMILES string of the molecule is Cc1cccnc1C[NH2+]Cc1ccccc1. The molecule has 0 spiro atoms. The zero-order valence-corrected chi connectivity index (χ0v) is 9.56. The molecule has 0 saturated carbocycles. The van der Waals surface area contributed by atoms with Crippen molar-refractivity contribution in [2.45, 2.75) is 20.0 Å². The molecular formula is C14H17N2+. The van der Waals surface area contributed by atoms with Crippen LogP contribution in [0.4, 0.5) is 0 Å². The first-order chi connectivity index (χ1) is 7.86. The highest BCUT2D eigenvalue weighted by Crippen LogP contribution is 2.00. The molecule has 0 saturated heterocycles. The van der Waals surface area contributed by atoms with Gasteiger partial charge in [-0.1, -0.05) is 36.4 Å². The molecule has 1 heterocycles. The van der Waals surface area contributed by atoms with Crippen LogP contribution in [-0.2, 0) is 13.1 Å². The topological polar surface area (TPSA) is 29.5 Å². The number of benzene rings is 1. The first kappa shape index (κ1) is 10.8. The van der Waals surface area contributed by atoms with Crippen LogP contribution in [-0.4, -0.2) is 4.98 Å². The molecule has 2 rings (SSSR count). The summed E-state index contributed by atoms with van der Waals surface area (Å²) in [5.74, 6) is 0. The summed E-state index contributed by atoms with van der Waals surface area (Å²) >= 11 is 0. The van der Waals surface area contributed by atoms with Gasteiger partial charge in [-0.3, -0.25) is 4.98 Å². The summed E-state index contributed by atoms with van der Waals surface area (Å²) in [5.41, 5.74) is 3.81. The van der Waals surface area contributed by atoms with Gasteiger partial charge < -0.3 is 5.32 Å². The van der Waals surface area contributed by atoms with E-state index in [1.807, 2.05) is 18.3 Å². The number of aryl methyl sites for hydroxylation is 1. The van der Waals surface area contributed by atoms with Crippen molar-refractivity contribution in [1.29, 1.82) is 0 Å². The van der Waals surface area contributed by atoms with Crippen LogP contribution >= 0.6 is 0 Å². The maximum atomic E-state index is 4.38. The monoisotopic (exact) mass is 213 g/mol. The van der Waals surface area contributed by atoms with Crippen molar-refractivity contribution >= 4 is 0 Å². The molecule has 2 aromatic rings. The molecule has 2 N–H and O–H groups in total. The standard InChI is InChI=1S/C14H16N2/c1-12-6-5-9-16-14(12)11-15-10-13-7-3-2-4-8-13/h2-9,15H,10-11H2,1H3/p+1. The fourth-order valence-corrected chi connectivity index (χ4v) is 1.72. The lowest BCUT2D eigenvalue weighted by atomic mass is 10.2. The number of quaternary nitrogens is 1. The summed E-state index contributed by atoms with van der Waals surface area (Å²) in [5, 5.41) is 2.28. The minimum absolute atomic E-state index is 0.946. The van der Waals surface area contributed by atoms with Gasteiger partial charge in [0.15, 0.2) is 0 Å². The number of aromatic nitrogens is 1. The number of pyridine rings is 1. The average molecular weight is 213 g/mol. The van der Waals surface area contributed by atoms with Crippen molar-refractivity contribution in [1.82, 2.24) is 4.98 Å². The number of hydrogen-bond donors (Lipinski definition) is 1. The molecule has 2 nitrogen and oxygen atoms in total. The molecule has 0 bridgehead atoms. The van der Waals surface area contributed by atoms with E-state index in [1.54, 1.807) is 0 Å². The maximum Gasteiger partial charge on any atom is 0.119 e. The van der Waals surface area contributed by atoms with Crippen LogP contribution in [0.3, 0.4) is 0 Å². The van der Waals surface area contributed by atoms with Gasteiger partial charge in [0.1, 0.15) is 13.1 Å². The highest BCUT2D eigenvalue weighted by molar-refractivity contribution is 5.16. The Balaban J connectivity index is 1.87. The van der Waals surface area contributed by atoms with E-state index in [0.29, 0.717) is 0 Å². The lowest BCUT2D eigenvalue weighted by Crippen LogP contribution is -2.81. The van der Waals surface area contributed by atoms with Crippen molar-refractivity contribution in [3.05, 3.63) is 65.5 Å². The molecule has 0 atom stereocenters. The minimum Gasteiger partial charge on any atom is -0.337 e. The van der Waals surface area contributed by atoms with Crippen LogP contribution in [0.2, 0.25) is 0 Å². The second kappa shape index (κ2) is 5.42. The highest BCUT2D eigenvalue weighted by Gasteiger charge is 2.00. The molecule has 0 radical (unpaired) electrons. The third kappa shape index (κ3) is 2.91. The Bertz CT molecular complexity index is 437. The summed E-state index contributed by atoms with van der Waals surface area (Å²) < 4.78 is 0. The number of nitrogens with zero attached hydrogens (tertiary/aromatic N) is 1. The fraction of sp³-hybridized carbons (Fsp3) is 0.214. The summed E-state index contributed by atoms with van der Waals surface area (Å²) in [6.07, 6.45) is 1.86. The molecule has 1 aromatic heterocycles. The number of nitrogens with two attached hydrogens (primary N) is 1. The first-order valence-corrected chi connectivity index (χ1v) is 5.62. The van der Waals surface area contributed by atoms with Gasteiger partial charge in [0.25, 0.3) is 0 Å². The van der Waals surface area contributed by atoms with E-state index in [0.717, 1.165) is 13.1 Å². The Morgan fingerprint density at radius 1 is 1.00 bits per heavy atom. The normalized spacial score (nSPS) is 10.3. The third-order valence-corrected chi connectivity index (χ3v) is 2.68. The third-order valence-electron chi connectivity index (χ3n) is 2.68. The molecule has 1 aromatic carbocycles. The molecular weight excluding hydrogens is 196 g/mol. The van der Waals surface area contributed by atoms with E-state index in [9.17, 15) is 0 Å². The zero-order valence-electron chi connectivity index (χ0n) is 9.56. The first-order valence-electron chi connectivity index (χ1n) is 5.62. The van der Waals surface area contributed by atoms with Gasteiger partial charge in [-0.25, -0.2) is 0 Å². The molecule has 0 unspecified atom stereocenters. The smallest absolute Gasteiger partial charge is 0.119 e. The van der Waals surface area contributed by atoms with Gasteiger partial charge in [0.2, 0.25) is 0 Å².